The van der Waals surface area contributed by atoms with Crippen LogP contribution < -0.4 is 5.32 Å². The maximum atomic E-state index is 12.1. The van der Waals surface area contributed by atoms with Gasteiger partial charge in [0.1, 0.15) is 5.01 Å². The van der Waals surface area contributed by atoms with Crippen LogP contribution in [0.3, 0.4) is 0 Å². The smallest absolute Gasteiger partial charge is 0.240 e. The van der Waals surface area contributed by atoms with Crippen molar-refractivity contribution in [1.82, 2.24) is 19.7 Å². The Hall–Kier alpha value is -1.73. The van der Waals surface area contributed by atoms with Gasteiger partial charge in [0.05, 0.1) is 6.54 Å². The predicted octanol–water partition coefficient (Wildman–Crippen LogP) is 2.73. The molecular weight excluding hydrogens is 310 g/mol. The normalized spacial score (nSPS) is 11.9. The molecule has 0 radical (unpaired) electrons. The first-order chi connectivity index (χ1) is 10.8. The van der Waals surface area contributed by atoms with Crippen molar-refractivity contribution < 1.29 is 4.79 Å². The van der Waals surface area contributed by atoms with Gasteiger partial charge in [0.25, 0.3) is 0 Å². The van der Waals surface area contributed by atoms with E-state index in [-0.39, 0.29) is 11.3 Å². The molecule has 0 saturated carbocycles. The molecule has 7 heteroatoms. The number of carbonyl (C=O) groups is 1. The van der Waals surface area contributed by atoms with Crippen LogP contribution in [-0.4, -0.2) is 39.2 Å². The molecule has 1 amide bonds. The summed E-state index contributed by atoms with van der Waals surface area (Å²) in [6, 6.07) is 2.08. The van der Waals surface area contributed by atoms with Crippen LogP contribution in [0.25, 0.3) is 0 Å². The summed E-state index contributed by atoms with van der Waals surface area (Å²) < 4.78 is 2.12. The van der Waals surface area contributed by atoms with Crippen molar-refractivity contribution >= 4 is 22.4 Å². The van der Waals surface area contributed by atoms with Gasteiger partial charge in [-0.3, -0.25) is 15.0 Å². The molecule has 0 saturated heterocycles. The van der Waals surface area contributed by atoms with Gasteiger partial charge in [-0.25, -0.2) is 0 Å². The summed E-state index contributed by atoms with van der Waals surface area (Å²) in [6.07, 6.45) is 4.16. The fourth-order valence-electron chi connectivity index (χ4n) is 2.13. The highest BCUT2D eigenvalue weighted by atomic mass is 32.1. The van der Waals surface area contributed by atoms with Crippen LogP contribution in [0.5, 0.6) is 0 Å². The summed E-state index contributed by atoms with van der Waals surface area (Å²) in [5.74, 6) is -0.0703. The van der Waals surface area contributed by atoms with Crippen molar-refractivity contribution in [2.75, 3.05) is 18.9 Å². The quantitative estimate of drug-likeness (QED) is 0.882. The number of hydrogen-bond acceptors (Lipinski definition) is 5. The third kappa shape index (κ3) is 5.14. The molecule has 0 aliphatic rings. The van der Waals surface area contributed by atoms with Gasteiger partial charge >= 0.3 is 0 Å². The Morgan fingerprint density at radius 2 is 2.13 bits per heavy atom. The number of anilines is 1. The molecule has 2 aromatic rings. The highest BCUT2D eigenvalue weighted by Crippen LogP contribution is 2.27. The number of aryl methyl sites for hydroxylation is 1. The molecule has 0 bridgehead atoms. The largest absolute Gasteiger partial charge is 0.354 e. The number of amides is 1. The van der Waals surface area contributed by atoms with E-state index in [1.54, 1.807) is 0 Å². The molecule has 0 aliphatic heterocycles. The van der Waals surface area contributed by atoms with E-state index in [1.165, 1.54) is 16.9 Å². The number of hydrogen-bond donors (Lipinski definition) is 1. The Labute approximate surface area is 141 Å². The maximum Gasteiger partial charge on any atom is 0.240 e. The van der Waals surface area contributed by atoms with Gasteiger partial charge in [-0.15, -0.1) is 10.2 Å². The van der Waals surface area contributed by atoms with Crippen molar-refractivity contribution in [3.8, 4) is 0 Å². The van der Waals surface area contributed by atoms with Gasteiger partial charge < -0.3 is 4.57 Å². The molecule has 0 spiro atoms. The fraction of sp³-hybridized carbons (Fsp3) is 0.562. The number of nitrogens with one attached hydrogen (secondary N) is 1. The Morgan fingerprint density at radius 3 is 2.70 bits per heavy atom. The van der Waals surface area contributed by atoms with Crippen LogP contribution >= 0.6 is 11.3 Å². The molecule has 126 valence electrons. The number of carbonyl (C=O) groups excluding carboxylic acids is 1. The fourth-order valence-corrected chi connectivity index (χ4v) is 2.95. The second-order valence-corrected chi connectivity index (χ2v) is 7.71. The molecule has 0 fully saturated rings. The lowest BCUT2D eigenvalue weighted by Gasteiger charge is -2.14. The topological polar surface area (TPSA) is 63.1 Å². The van der Waals surface area contributed by atoms with Crippen molar-refractivity contribution in [3.63, 3.8) is 0 Å². The van der Waals surface area contributed by atoms with E-state index in [9.17, 15) is 4.79 Å². The number of nitrogens with zero attached hydrogens (tertiary/aromatic N) is 4. The van der Waals surface area contributed by atoms with Crippen LogP contribution in [0.2, 0.25) is 0 Å². The molecule has 2 heterocycles. The van der Waals surface area contributed by atoms with Gasteiger partial charge in [0, 0.05) is 30.9 Å². The zero-order chi connectivity index (χ0) is 17.0. The number of likely N-dealkylation sites (N-methyl/N-ethyl adjacent to an activating group) is 1. The monoisotopic (exact) mass is 335 g/mol. The average Bonchev–Trinajstić information content (AvgIpc) is 3.06. The molecule has 0 unspecified atom stereocenters. The van der Waals surface area contributed by atoms with E-state index in [2.05, 4.69) is 66.2 Å². The molecule has 23 heavy (non-hydrogen) atoms. The van der Waals surface area contributed by atoms with Gasteiger partial charge in [0.2, 0.25) is 11.0 Å². The van der Waals surface area contributed by atoms with Crippen LogP contribution in [0.15, 0.2) is 18.5 Å². The minimum absolute atomic E-state index is 0.0517. The Kier molecular flexibility index (Phi) is 5.54. The lowest BCUT2D eigenvalue weighted by Crippen LogP contribution is -2.29. The van der Waals surface area contributed by atoms with Gasteiger partial charge in [-0.1, -0.05) is 32.1 Å². The Morgan fingerprint density at radius 1 is 1.39 bits per heavy atom. The molecule has 1 N–H and O–H groups in total. The molecule has 0 aromatic carbocycles. The first-order valence-corrected chi connectivity index (χ1v) is 8.56. The average molecular weight is 335 g/mol. The van der Waals surface area contributed by atoms with E-state index in [0.717, 1.165) is 18.1 Å². The zero-order valence-corrected chi connectivity index (χ0v) is 15.3. The molecule has 0 aliphatic carbocycles. The molecule has 0 atom stereocenters. The van der Waals surface area contributed by atoms with E-state index in [1.807, 2.05) is 11.9 Å². The third-order valence-corrected chi connectivity index (χ3v) is 4.62. The SMILES string of the molecule is CCn1ccc(CN(C)CC(=O)Nc2nnc(C(C)(C)C)s2)c1. The molecule has 6 nitrogen and oxygen atoms in total. The second-order valence-electron chi connectivity index (χ2n) is 6.73. The summed E-state index contributed by atoms with van der Waals surface area (Å²) in [6.45, 7) is 10.4. The standard InChI is InChI=1S/C16H25N5OS/c1-6-21-8-7-12(10-21)9-20(5)11-13(22)17-15-19-18-14(23-15)16(2,3)4/h7-8,10H,6,9,11H2,1-5H3,(H,17,19,22). The van der Waals surface area contributed by atoms with Gasteiger partial charge in [-0.05, 0) is 25.6 Å². The van der Waals surface area contributed by atoms with Crippen LogP contribution in [0.4, 0.5) is 5.13 Å². The van der Waals surface area contributed by atoms with E-state index < -0.39 is 0 Å². The van der Waals surface area contributed by atoms with Crippen molar-refractivity contribution in [3.05, 3.63) is 29.0 Å². The second kappa shape index (κ2) is 7.23. The van der Waals surface area contributed by atoms with Crippen LogP contribution in [0.1, 0.15) is 38.3 Å². The maximum absolute atomic E-state index is 12.1. The van der Waals surface area contributed by atoms with E-state index in [4.69, 9.17) is 0 Å². The minimum Gasteiger partial charge on any atom is -0.354 e. The first kappa shape index (κ1) is 17.6. The molecule has 2 aromatic heterocycles. The lowest BCUT2D eigenvalue weighted by molar-refractivity contribution is -0.117. The van der Waals surface area contributed by atoms with Crippen LogP contribution in [-0.2, 0) is 23.3 Å². The first-order valence-electron chi connectivity index (χ1n) is 7.75. The summed E-state index contributed by atoms with van der Waals surface area (Å²) in [5, 5.41) is 12.5. The summed E-state index contributed by atoms with van der Waals surface area (Å²) >= 11 is 1.43. The Balaban J connectivity index is 1.85. The minimum atomic E-state index is -0.0703. The van der Waals surface area contributed by atoms with Crippen molar-refractivity contribution in [2.45, 2.75) is 46.2 Å². The van der Waals surface area contributed by atoms with Crippen LogP contribution in [0, 0.1) is 0 Å². The Bertz CT molecular complexity index is 655. The van der Waals surface area contributed by atoms with Crippen molar-refractivity contribution in [2.24, 2.45) is 0 Å². The lowest BCUT2D eigenvalue weighted by atomic mass is 9.98. The predicted molar refractivity (Wildman–Crippen MR) is 93.7 cm³/mol. The van der Waals surface area contributed by atoms with E-state index >= 15 is 0 Å². The van der Waals surface area contributed by atoms with Gasteiger partial charge in [0.15, 0.2) is 0 Å². The summed E-state index contributed by atoms with van der Waals surface area (Å²) in [5.41, 5.74) is 1.15. The van der Waals surface area contributed by atoms with Gasteiger partial charge in [-0.2, -0.15) is 0 Å². The molecular formula is C16H25N5OS. The summed E-state index contributed by atoms with van der Waals surface area (Å²) in [4.78, 5) is 14.1. The highest BCUT2D eigenvalue weighted by Gasteiger charge is 2.20. The third-order valence-electron chi connectivity index (χ3n) is 3.36. The van der Waals surface area contributed by atoms with E-state index in [0.29, 0.717) is 11.7 Å². The highest BCUT2D eigenvalue weighted by molar-refractivity contribution is 7.15. The van der Waals surface area contributed by atoms with Crippen molar-refractivity contribution in [1.29, 1.82) is 0 Å². The number of aromatic nitrogens is 3. The molecule has 2 rings (SSSR count). The number of rotatable bonds is 6. The zero-order valence-electron chi connectivity index (χ0n) is 14.5. The summed E-state index contributed by atoms with van der Waals surface area (Å²) in [7, 11) is 1.93.